The van der Waals surface area contributed by atoms with E-state index in [1.54, 1.807) is 6.26 Å². The van der Waals surface area contributed by atoms with E-state index in [0.29, 0.717) is 13.1 Å². The number of aryl methyl sites for hydroxylation is 1. The number of halogens is 1. The molecule has 0 radical (unpaired) electrons. The third-order valence-electron chi connectivity index (χ3n) is 2.98. The van der Waals surface area contributed by atoms with Crippen molar-refractivity contribution in [1.82, 2.24) is 0 Å². The van der Waals surface area contributed by atoms with Gasteiger partial charge in [0.25, 0.3) is 5.91 Å². The molecular weight excluding hydrogens is 367 g/mol. The quantitative estimate of drug-likeness (QED) is 0.772. The standard InChI is InChI=1S/C15H17IN2O2/c1-11-8-12(16)5-6-14(11)17-15(19)10-18(2)9-13-4-3-7-20-13/h3-8H,9-10H2,1-2H3,(H,17,19)/p+1. The van der Waals surface area contributed by atoms with Crippen LogP contribution in [-0.2, 0) is 11.3 Å². The molecule has 1 heterocycles. The third-order valence-corrected chi connectivity index (χ3v) is 3.65. The number of benzene rings is 1. The van der Waals surface area contributed by atoms with Crippen LogP contribution in [0, 0.1) is 10.5 Å². The van der Waals surface area contributed by atoms with Crippen molar-refractivity contribution in [2.24, 2.45) is 0 Å². The lowest BCUT2D eigenvalue weighted by Crippen LogP contribution is -3.08. The van der Waals surface area contributed by atoms with Crippen molar-refractivity contribution in [2.45, 2.75) is 13.5 Å². The van der Waals surface area contributed by atoms with Crippen molar-refractivity contribution >= 4 is 34.2 Å². The number of nitrogens with one attached hydrogen (secondary N) is 2. The summed E-state index contributed by atoms with van der Waals surface area (Å²) in [4.78, 5) is 13.1. The number of anilines is 1. The van der Waals surface area contributed by atoms with Gasteiger partial charge in [0, 0.05) is 9.26 Å². The number of likely N-dealkylation sites (N-methyl/N-ethyl adjacent to an activating group) is 1. The van der Waals surface area contributed by atoms with E-state index >= 15 is 0 Å². The van der Waals surface area contributed by atoms with Crippen molar-refractivity contribution in [3.8, 4) is 0 Å². The summed E-state index contributed by atoms with van der Waals surface area (Å²) in [5, 5.41) is 2.95. The van der Waals surface area contributed by atoms with Gasteiger partial charge in [-0.1, -0.05) is 0 Å². The average molecular weight is 385 g/mol. The van der Waals surface area contributed by atoms with Gasteiger partial charge in [0.15, 0.2) is 12.3 Å². The summed E-state index contributed by atoms with van der Waals surface area (Å²) >= 11 is 2.26. The summed E-state index contributed by atoms with van der Waals surface area (Å²) in [5.41, 5.74) is 1.95. The van der Waals surface area contributed by atoms with Crippen LogP contribution in [0.1, 0.15) is 11.3 Å². The predicted octanol–water partition coefficient (Wildman–Crippen LogP) is 1.85. The second kappa shape index (κ2) is 6.90. The number of amides is 1. The summed E-state index contributed by atoms with van der Waals surface area (Å²) in [6.45, 7) is 3.11. The fourth-order valence-corrected chi connectivity index (χ4v) is 2.66. The highest BCUT2D eigenvalue weighted by atomic mass is 127. The van der Waals surface area contributed by atoms with Gasteiger partial charge >= 0.3 is 0 Å². The van der Waals surface area contributed by atoms with Crippen LogP contribution >= 0.6 is 22.6 Å². The Labute approximate surface area is 132 Å². The largest absolute Gasteiger partial charge is 0.463 e. The average Bonchev–Trinajstić information content (AvgIpc) is 2.85. The zero-order valence-corrected chi connectivity index (χ0v) is 13.7. The van der Waals surface area contributed by atoms with Crippen molar-refractivity contribution in [3.63, 3.8) is 0 Å². The first-order valence-electron chi connectivity index (χ1n) is 6.44. The van der Waals surface area contributed by atoms with Crippen LogP contribution in [0.25, 0.3) is 0 Å². The van der Waals surface area contributed by atoms with E-state index in [9.17, 15) is 4.79 Å². The molecule has 2 rings (SSSR count). The molecular formula is C15H18IN2O2+. The van der Waals surface area contributed by atoms with Crippen LogP contribution in [0.15, 0.2) is 41.0 Å². The SMILES string of the molecule is Cc1cc(I)ccc1NC(=O)C[NH+](C)Cc1ccco1. The fraction of sp³-hybridized carbons (Fsp3) is 0.267. The first kappa shape index (κ1) is 15.1. The molecule has 5 heteroatoms. The molecule has 1 atom stereocenters. The lowest BCUT2D eigenvalue weighted by molar-refractivity contribution is -0.886. The molecule has 0 aliphatic carbocycles. The van der Waals surface area contributed by atoms with E-state index in [2.05, 4.69) is 34.0 Å². The molecule has 0 spiro atoms. The molecule has 1 aromatic carbocycles. The first-order valence-corrected chi connectivity index (χ1v) is 7.52. The van der Waals surface area contributed by atoms with E-state index < -0.39 is 0 Å². The van der Waals surface area contributed by atoms with E-state index in [-0.39, 0.29) is 5.91 Å². The fourth-order valence-electron chi connectivity index (χ4n) is 2.01. The predicted molar refractivity (Wildman–Crippen MR) is 86.7 cm³/mol. The molecule has 4 nitrogen and oxygen atoms in total. The monoisotopic (exact) mass is 385 g/mol. The molecule has 0 fully saturated rings. The minimum absolute atomic E-state index is 0.0124. The van der Waals surface area contributed by atoms with Crippen molar-refractivity contribution in [3.05, 3.63) is 51.5 Å². The number of carbonyl (C=O) groups excluding carboxylic acids is 1. The Bertz CT molecular complexity index is 582. The zero-order valence-electron chi connectivity index (χ0n) is 11.6. The van der Waals surface area contributed by atoms with Crippen molar-refractivity contribution < 1.29 is 14.1 Å². The highest BCUT2D eigenvalue weighted by Crippen LogP contribution is 2.17. The molecule has 0 bridgehead atoms. The zero-order chi connectivity index (χ0) is 14.5. The minimum atomic E-state index is 0.0124. The van der Waals surface area contributed by atoms with E-state index in [1.165, 1.54) is 3.57 Å². The number of quaternary nitrogens is 1. The summed E-state index contributed by atoms with van der Waals surface area (Å²) in [6, 6.07) is 9.76. The lowest BCUT2D eigenvalue weighted by Gasteiger charge is -2.13. The Morgan fingerprint density at radius 1 is 1.40 bits per heavy atom. The Balaban J connectivity index is 1.88. The maximum atomic E-state index is 12.0. The molecule has 2 aromatic rings. The molecule has 0 aliphatic rings. The molecule has 1 amide bonds. The third kappa shape index (κ3) is 4.35. The molecule has 1 unspecified atom stereocenters. The molecule has 1 aromatic heterocycles. The van der Waals surface area contributed by atoms with Gasteiger partial charge < -0.3 is 14.6 Å². The highest BCUT2D eigenvalue weighted by Gasteiger charge is 2.12. The Morgan fingerprint density at radius 2 is 2.20 bits per heavy atom. The maximum absolute atomic E-state index is 12.0. The maximum Gasteiger partial charge on any atom is 0.279 e. The topological polar surface area (TPSA) is 46.7 Å². The van der Waals surface area contributed by atoms with E-state index in [4.69, 9.17) is 4.42 Å². The number of furan rings is 1. The minimum Gasteiger partial charge on any atom is -0.463 e. The summed E-state index contributed by atoms with van der Waals surface area (Å²) < 4.78 is 6.45. The van der Waals surface area contributed by atoms with E-state index in [0.717, 1.165) is 21.9 Å². The van der Waals surface area contributed by atoms with Crippen LogP contribution in [0.4, 0.5) is 5.69 Å². The van der Waals surface area contributed by atoms with Gasteiger partial charge in [-0.05, 0) is 65.4 Å². The normalized spacial score (nSPS) is 12.2. The van der Waals surface area contributed by atoms with E-state index in [1.807, 2.05) is 38.2 Å². The first-order chi connectivity index (χ1) is 9.54. The number of carbonyl (C=O) groups is 1. The van der Waals surface area contributed by atoms with Crippen LogP contribution in [0.3, 0.4) is 0 Å². The van der Waals surface area contributed by atoms with Gasteiger partial charge in [-0.15, -0.1) is 0 Å². The van der Waals surface area contributed by atoms with Gasteiger partial charge in [-0.2, -0.15) is 0 Å². The molecule has 0 saturated heterocycles. The Morgan fingerprint density at radius 3 is 2.85 bits per heavy atom. The van der Waals surface area contributed by atoms with Gasteiger partial charge in [0.1, 0.15) is 6.54 Å². The Kier molecular flexibility index (Phi) is 5.19. The number of rotatable bonds is 5. The van der Waals surface area contributed by atoms with Crippen LogP contribution in [0.5, 0.6) is 0 Å². The molecule has 0 aliphatic heterocycles. The molecule has 0 saturated carbocycles. The summed E-state index contributed by atoms with van der Waals surface area (Å²) in [5.74, 6) is 0.902. The van der Waals surface area contributed by atoms with Gasteiger partial charge in [0.05, 0.1) is 13.3 Å². The highest BCUT2D eigenvalue weighted by molar-refractivity contribution is 14.1. The van der Waals surface area contributed by atoms with Gasteiger partial charge in [-0.25, -0.2) is 0 Å². The summed E-state index contributed by atoms with van der Waals surface area (Å²) in [7, 11) is 1.98. The number of hydrogen-bond donors (Lipinski definition) is 2. The lowest BCUT2D eigenvalue weighted by atomic mass is 10.2. The smallest absolute Gasteiger partial charge is 0.279 e. The van der Waals surface area contributed by atoms with Gasteiger partial charge in [0.2, 0.25) is 0 Å². The molecule has 20 heavy (non-hydrogen) atoms. The van der Waals surface area contributed by atoms with Crippen molar-refractivity contribution in [2.75, 3.05) is 18.9 Å². The molecule has 106 valence electrons. The van der Waals surface area contributed by atoms with Crippen molar-refractivity contribution in [1.29, 1.82) is 0 Å². The second-order valence-electron chi connectivity index (χ2n) is 4.90. The van der Waals surface area contributed by atoms with Crippen LogP contribution in [0.2, 0.25) is 0 Å². The molecule has 2 N–H and O–H groups in total. The Hall–Kier alpha value is -1.34. The number of hydrogen-bond acceptors (Lipinski definition) is 2. The van der Waals surface area contributed by atoms with Crippen LogP contribution in [-0.4, -0.2) is 19.5 Å². The second-order valence-corrected chi connectivity index (χ2v) is 6.14. The van der Waals surface area contributed by atoms with Gasteiger partial charge in [-0.3, -0.25) is 4.79 Å². The van der Waals surface area contributed by atoms with Crippen LogP contribution < -0.4 is 10.2 Å². The summed E-state index contributed by atoms with van der Waals surface area (Å²) in [6.07, 6.45) is 1.65.